The molecule has 0 bridgehead atoms. The number of halogens is 1. The lowest BCUT2D eigenvalue weighted by Crippen LogP contribution is -2.31. The van der Waals surface area contributed by atoms with Crippen molar-refractivity contribution in [3.63, 3.8) is 0 Å². The summed E-state index contributed by atoms with van der Waals surface area (Å²) in [6, 6.07) is 13.1. The summed E-state index contributed by atoms with van der Waals surface area (Å²) in [6.07, 6.45) is 2.82. The predicted octanol–water partition coefficient (Wildman–Crippen LogP) is 4.61. The zero-order valence-corrected chi connectivity index (χ0v) is 19.5. The van der Waals surface area contributed by atoms with Crippen molar-refractivity contribution in [3.8, 4) is 5.75 Å². The van der Waals surface area contributed by atoms with Crippen molar-refractivity contribution in [3.05, 3.63) is 64.2 Å². The fraction of sp³-hybridized carbons (Fsp3) is 0.440. The molecule has 31 heavy (non-hydrogen) atoms. The van der Waals surface area contributed by atoms with Crippen molar-refractivity contribution in [1.82, 2.24) is 9.80 Å². The Morgan fingerprint density at radius 1 is 1.00 bits per heavy atom. The molecule has 1 aliphatic heterocycles. The number of fused-ring (bicyclic) bond motifs is 1. The molecular formula is C25H31ClN2O3. The molecule has 2 aromatic rings. The highest BCUT2D eigenvalue weighted by molar-refractivity contribution is 6.33. The summed E-state index contributed by atoms with van der Waals surface area (Å²) in [5, 5.41) is 0.462. The molecule has 6 heteroatoms. The Hall–Kier alpha value is -2.53. The molecule has 0 unspecified atom stereocenters. The minimum Gasteiger partial charge on any atom is -0.487 e. The van der Waals surface area contributed by atoms with E-state index in [2.05, 4.69) is 19.9 Å². The highest BCUT2D eigenvalue weighted by Crippen LogP contribution is 2.37. The first-order chi connectivity index (χ1) is 14.7. The van der Waals surface area contributed by atoms with Gasteiger partial charge in [0.05, 0.1) is 17.0 Å². The molecule has 0 fully saturated rings. The lowest BCUT2D eigenvalue weighted by Gasteiger charge is -2.21. The van der Waals surface area contributed by atoms with Gasteiger partial charge >= 0.3 is 0 Å². The predicted molar refractivity (Wildman–Crippen MR) is 124 cm³/mol. The lowest BCUT2D eigenvalue weighted by molar-refractivity contribution is -0.129. The number of likely N-dealkylation sites (N-methyl/N-ethyl adjacent to an activating group) is 1. The topological polar surface area (TPSA) is 49.9 Å². The number of amides is 2. The van der Waals surface area contributed by atoms with E-state index in [4.69, 9.17) is 16.3 Å². The van der Waals surface area contributed by atoms with E-state index in [0.717, 1.165) is 30.6 Å². The maximum absolute atomic E-state index is 12.7. The van der Waals surface area contributed by atoms with Gasteiger partial charge in [-0.2, -0.15) is 0 Å². The standard InChI is InChI=1S/C25H31ClN2O3/c1-25(2)17-19-11-9-10-18(23(19)31-25)16-22(29)27(3)14-7-8-15-28(4)24(30)20-12-5-6-13-21(20)26/h5-6,9-13H,7-8,14-17H2,1-4H3. The van der Waals surface area contributed by atoms with Gasteiger partial charge in [0.2, 0.25) is 5.91 Å². The first kappa shape index (κ1) is 23.1. The Balaban J connectivity index is 1.45. The smallest absolute Gasteiger partial charge is 0.255 e. The molecule has 0 spiro atoms. The molecule has 0 saturated carbocycles. The average Bonchev–Trinajstić information content (AvgIpc) is 3.05. The molecule has 0 aromatic heterocycles. The van der Waals surface area contributed by atoms with Crippen LogP contribution in [0.2, 0.25) is 5.02 Å². The Morgan fingerprint density at radius 3 is 2.39 bits per heavy atom. The van der Waals surface area contributed by atoms with E-state index >= 15 is 0 Å². The average molecular weight is 443 g/mol. The zero-order chi connectivity index (χ0) is 22.6. The molecule has 166 valence electrons. The van der Waals surface area contributed by atoms with E-state index in [1.165, 1.54) is 5.56 Å². The Labute approximate surface area is 189 Å². The summed E-state index contributed by atoms with van der Waals surface area (Å²) >= 11 is 6.12. The monoisotopic (exact) mass is 442 g/mol. The van der Waals surface area contributed by atoms with Gasteiger partial charge in [0.15, 0.2) is 0 Å². The van der Waals surface area contributed by atoms with E-state index in [0.29, 0.717) is 30.1 Å². The van der Waals surface area contributed by atoms with E-state index in [1.54, 1.807) is 29.0 Å². The van der Waals surface area contributed by atoms with Gasteiger partial charge < -0.3 is 14.5 Å². The number of rotatable bonds is 8. The van der Waals surface area contributed by atoms with Crippen molar-refractivity contribution in [2.24, 2.45) is 0 Å². The van der Waals surface area contributed by atoms with Gasteiger partial charge in [0.1, 0.15) is 11.4 Å². The third-order valence-electron chi connectivity index (χ3n) is 5.63. The second kappa shape index (κ2) is 9.73. The number of ether oxygens (including phenoxy) is 1. The zero-order valence-electron chi connectivity index (χ0n) is 18.8. The second-order valence-electron chi connectivity index (χ2n) is 8.85. The largest absolute Gasteiger partial charge is 0.487 e. The summed E-state index contributed by atoms with van der Waals surface area (Å²) in [7, 11) is 3.60. The van der Waals surface area contributed by atoms with Crippen LogP contribution in [0.5, 0.6) is 5.75 Å². The normalized spacial score (nSPS) is 14.0. The fourth-order valence-electron chi connectivity index (χ4n) is 3.88. The second-order valence-corrected chi connectivity index (χ2v) is 9.26. The van der Waals surface area contributed by atoms with Crippen LogP contribution in [0.1, 0.15) is 48.2 Å². The number of para-hydroxylation sites is 1. The number of nitrogens with zero attached hydrogens (tertiary/aromatic N) is 2. The van der Waals surface area contributed by atoms with Gasteiger partial charge in [-0.25, -0.2) is 0 Å². The number of hydrogen-bond donors (Lipinski definition) is 0. The summed E-state index contributed by atoms with van der Waals surface area (Å²) in [4.78, 5) is 28.7. The molecule has 3 rings (SSSR count). The van der Waals surface area contributed by atoms with E-state index < -0.39 is 0 Å². The lowest BCUT2D eigenvalue weighted by atomic mass is 9.99. The van der Waals surface area contributed by atoms with Gasteiger partial charge in [0, 0.05) is 39.2 Å². The molecular weight excluding hydrogens is 412 g/mol. The Kier molecular flexibility index (Phi) is 7.26. The molecule has 0 N–H and O–H groups in total. The number of hydrogen-bond acceptors (Lipinski definition) is 3. The van der Waals surface area contributed by atoms with E-state index in [-0.39, 0.29) is 17.4 Å². The summed E-state index contributed by atoms with van der Waals surface area (Å²) in [6.45, 7) is 5.39. The highest BCUT2D eigenvalue weighted by Gasteiger charge is 2.32. The van der Waals surface area contributed by atoms with Crippen LogP contribution in [0.4, 0.5) is 0 Å². The van der Waals surface area contributed by atoms with Crippen molar-refractivity contribution < 1.29 is 14.3 Å². The number of benzene rings is 2. The van der Waals surface area contributed by atoms with Crippen LogP contribution in [-0.2, 0) is 17.6 Å². The molecule has 0 aliphatic carbocycles. The molecule has 0 saturated heterocycles. The Bertz CT molecular complexity index is 958. The third kappa shape index (κ3) is 5.79. The van der Waals surface area contributed by atoms with Crippen LogP contribution < -0.4 is 4.74 Å². The van der Waals surface area contributed by atoms with Crippen molar-refractivity contribution in [2.75, 3.05) is 27.2 Å². The van der Waals surface area contributed by atoms with Gasteiger partial charge in [-0.05, 0) is 44.4 Å². The van der Waals surface area contributed by atoms with Crippen LogP contribution in [0.15, 0.2) is 42.5 Å². The van der Waals surface area contributed by atoms with Crippen LogP contribution in [-0.4, -0.2) is 54.4 Å². The van der Waals surface area contributed by atoms with E-state index in [1.807, 2.05) is 31.3 Å². The number of carbonyl (C=O) groups is 2. The van der Waals surface area contributed by atoms with Crippen molar-refractivity contribution in [2.45, 2.75) is 45.1 Å². The van der Waals surface area contributed by atoms with Gasteiger partial charge in [-0.1, -0.05) is 41.9 Å². The highest BCUT2D eigenvalue weighted by atomic mass is 35.5. The minimum atomic E-state index is -0.221. The molecule has 2 amide bonds. The molecule has 1 heterocycles. The quantitative estimate of drug-likeness (QED) is 0.561. The SMILES string of the molecule is CN(CCCCN(C)C(=O)c1ccccc1Cl)C(=O)Cc1cccc2c1OC(C)(C)C2. The first-order valence-electron chi connectivity index (χ1n) is 10.7. The van der Waals surface area contributed by atoms with Crippen molar-refractivity contribution in [1.29, 1.82) is 0 Å². The fourth-order valence-corrected chi connectivity index (χ4v) is 4.10. The summed E-state index contributed by atoms with van der Waals surface area (Å²) in [5.41, 5.74) is 2.41. The maximum atomic E-state index is 12.7. The van der Waals surface area contributed by atoms with Crippen LogP contribution in [0.3, 0.4) is 0 Å². The van der Waals surface area contributed by atoms with Crippen LogP contribution >= 0.6 is 11.6 Å². The summed E-state index contributed by atoms with van der Waals surface area (Å²) in [5.74, 6) is 0.854. The minimum absolute atomic E-state index is 0.0715. The van der Waals surface area contributed by atoms with E-state index in [9.17, 15) is 9.59 Å². The first-order valence-corrected chi connectivity index (χ1v) is 11.1. The third-order valence-corrected chi connectivity index (χ3v) is 5.96. The molecule has 5 nitrogen and oxygen atoms in total. The van der Waals surface area contributed by atoms with Crippen molar-refractivity contribution >= 4 is 23.4 Å². The van der Waals surface area contributed by atoms with Gasteiger partial charge in [-0.15, -0.1) is 0 Å². The molecule has 0 radical (unpaired) electrons. The van der Waals surface area contributed by atoms with Gasteiger partial charge in [-0.3, -0.25) is 9.59 Å². The number of unbranched alkanes of at least 4 members (excludes halogenated alkanes) is 1. The molecule has 2 aromatic carbocycles. The Morgan fingerprint density at radius 2 is 1.68 bits per heavy atom. The van der Waals surface area contributed by atoms with Gasteiger partial charge in [0.25, 0.3) is 5.91 Å². The molecule has 1 aliphatic rings. The van der Waals surface area contributed by atoms with Crippen LogP contribution in [0, 0.1) is 0 Å². The molecule has 0 atom stereocenters. The number of carbonyl (C=O) groups excluding carboxylic acids is 2. The summed E-state index contributed by atoms with van der Waals surface area (Å²) < 4.78 is 6.08. The maximum Gasteiger partial charge on any atom is 0.255 e. The van der Waals surface area contributed by atoms with Crippen LogP contribution in [0.25, 0.3) is 0 Å².